The zero-order valence-corrected chi connectivity index (χ0v) is 16.1. The third-order valence-electron chi connectivity index (χ3n) is 6.16. The number of nitrogens with zero attached hydrogens (tertiary/aromatic N) is 3. The molecule has 3 rings (SSSR count). The number of hydrogen-bond donors (Lipinski definition) is 0. The molecule has 142 valence electrons. The van der Waals surface area contributed by atoms with Crippen molar-refractivity contribution in [1.82, 2.24) is 14.7 Å². The minimum absolute atomic E-state index is 0.0583. The second-order valence-corrected chi connectivity index (χ2v) is 8.54. The van der Waals surface area contributed by atoms with E-state index in [2.05, 4.69) is 23.6 Å². The number of rotatable bonds is 5. The van der Waals surface area contributed by atoms with Crippen LogP contribution in [-0.2, 0) is 9.59 Å². The molecule has 0 spiro atoms. The molecule has 3 aliphatic rings. The SMILES string of the molecule is CC(C)CC(=O)N1CCN([C@@H](C(=O)N2CCCC2)C2CCCC2)CC1. The quantitative estimate of drug-likeness (QED) is 0.765. The lowest BCUT2D eigenvalue weighted by Crippen LogP contribution is -2.58. The van der Waals surface area contributed by atoms with Gasteiger partial charge >= 0.3 is 0 Å². The Kier molecular flexibility index (Phi) is 6.37. The van der Waals surface area contributed by atoms with Crippen molar-refractivity contribution in [1.29, 1.82) is 0 Å². The lowest BCUT2D eigenvalue weighted by atomic mass is 9.94. The van der Waals surface area contributed by atoms with Gasteiger partial charge in [-0.15, -0.1) is 0 Å². The fraction of sp³-hybridized carbons (Fsp3) is 0.900. The summed E-state index contributed by atoms with van der Waals surface area (Å²) in [4.78, 5) is 32.0. The van der Waals surface area contributed by atoms with Crippen LogP contribution in [0.4, 0.5) is 0 Å². The lowest BCUT2D eigenvalue weighted by Gasteiger charge is -2.42. The molecule has 2 amide bonds. The molecular formula is C20H35N3O2. The molecule has 2 aliphatic heterocycles. The van der Waals surface area contributed by atoms with Crippen molar-refractivity contribution in [3.8, 4) is 0 Å². The van der Waals surface area contributed by atoms with E-state index in [0.29, 0.717) is 24.2 Å². The Morgan fingerprint density at radius 2 is 1.44 bits per heavy atom. The smallest absolute Gasteiger partial charge is 0.240 e. The van der Waals surface area contributed by atoms with E-state index in [0.717, 1.165) is 52.1 Å². The molecule has 0 unspecified atom stereocenters. The average molecular weight is 350 g/mol. The summed E-state index contributed by atoms with van der Waals surface area (Å²) in [7, 11) is 0. The summed E-state index contributed by atoms with van der Waals surface area (Å²) < 4.78 is 0. The molecule has 3 fully saturated rings. The second-order valence-electron chi connectivity index (χ2n) is 8.54. The van der Waals surface area contributed by atoms with Crippen molar-refractivity contribution >= 4 is 11.8 Å². The maximum atomic E-state index is 13.2. The summed E-state index contributed by atoms with van der Waals surface area (Å²) in [6.45, 7) is 9.33. The Hall–Kier alpha value is -1.10. The maximum absolute atomic E-state index is 13.2. The normalized spacial score (nSPS) is 24.3. The predicted molar refractivity (Wildman–Crippen MR) is 99.2 cm³/mol. The van der Waals surface area contributed by atoms with E-state index < -0.39 is 0 Å². The van der Waals surface area contributed by atoms with E-state index in [4.69, 9.17) is 0 Å². The molecule has 1 saturated carbocycles. The second kappa shape index (κ2) is 8.52. The molecule has 1 atom stereocenters. The van der Waals surface area contributed by atoms with Gasteiger partial charge < -0.3 is 9.80 Å². The van der Waals surface area contributed by atoms with Crippen LogP contribution >= 0.6 is 0 Å². The maximum Gasteiger partial charge on any atom is 0.240 e. The summed E-state index contributed by atoms with van der Waals surface area (Å²) in [6, 6.07) is 0.0583. The Bertz CT molecular complexity index is 460. The zero-order chi connectivity index (χ0) is 17.8. The van der Waals surface area contributed by atoms with Gasteiger partial charge in [0, 0.05) is 45.7 Å². The largest absolute Gasteiger partial charge is 0.341 e. The fourth-order valence-corrected chi connectivity index (χ4v) is 4.78. The molecule has 2 heterocycles. The highest BCUT2D eigenvalue weighted by atomic mass is 16.2. The Labute approximate surface area is 152 Å². The number of carbonyl (C=O) groups is 2. The number of amides is 2. The van der Waals surface area contributed by atoms with Gasteiger partial charge in [-0.2, -0.15) is 0 Å². The molecule has 2 saturated heterocycles. The third kappa shape index (κ3) is 4.55. The molecule has 0 N–H and O–H groups in total. The topological polar surface area (TPSA) is 43.9 Å². The molecule has 5 heteroatoms. The van der Waals surface area contributed by atoms with Crippen LogP contribution in [0.1, 0.15) is 58.8 Å². The van der Waals surface area contributed by atoms with Gasteiger partial charge in [0.2, 0.25) is 11.8 Å². The lowest BCUT2D eigenvalue weighted by molar-refractivity contribution is -0.140. The molecular weight excluding hydrogens is 314 g/mol. The van der Waals surface area contributed by atoms with Gasteiger partial charge in [0.1, 0.15) is 0 Å². The highest BCUT2D eigenvalue weighted by Gasteiger charge is 2.39. The van der Waals surface area contributed by atoms with Crippen molar-refractivity contribution in [2.45, 2.75) is 64.8 Å². The number of carbonyl (C=O) groups excluding carboxylic acids is 2. The van der Waals surface area contributed by atoms with Crippen molar-refractivity contribution in [2.75, 3.05) is 39.3 Å². The van der Waals surface area contributed by atoms with Gasteiger partial charge in [0.25, 0.3) is 0 Å². The van der Waals surface area contributed by atoms with Crippen LogP contribution in [0.25, 0.3) is 0 Å². The molecule has 25 heavy (non-hydrogen) atoms. The van der Waals surface area contributed by atoms with Gasteiger partial charge in [0.05, 0.1) is 6.04 Å². The first-order chi connectivity index (χ1) is 12.1. The van der Waals surface area contributed by atoms with Crippen LogP contribution < -0.4 is 0 Å². The van der Waals surface area contributed by atoms with Crippen LogP contribution in [-0.4, -0.2) is 71.8 Å². The molecule has 0 aromatic carbocycles. The van der Waals surface area contributed by atoms with Crippen LogP contribution in [0, 0.1) is 11.8 Å². The van der Waals surface area contributed by atoms with E-state index in [1.165, 1.54) is 25.7 Å². The van der Waals surface area contributed by atoms with Gasteiger partial charge in [-0.3, -0.25) is 14.5 Å². The first kappa shape index (κ1) is 18.7. The average Bonchev–Trinajstić information content (AvgIpc) is 3.29. The summed E-state index contributed by atoms with van der Waals surface area (Å²) in [5, 5.41) is 0. The summed E-state index contributed by atoms with van der Waals surface area (Å²) >= 11 is 0. The molecule has 0 bridgehead atoms. The van der Waals surface area contributed by atoms with Crippen LogP contribution in [0.3, 0.4) is 0 Å². The zero-order valence-electron chi connectivity index (χ0n) is 16.1. The molecule has 0 aromatic heterocycles. The van der Waals surface area contributed by atoms with Gasteiger partial charge in [-0.05, 0) is 37.5 Å². The molecule has 5 nitrogen and oxygen atoms in total. The summed E-state index contributed by atoms with van der Waals surface area (Å²) in [5.41, 5.74) is 0. The Morgan fingerprint density at radius 3 is 2.00 bits per heavy atom. The van der Waals surface area contributed by atoms with E-state index in [1.54, 1.807) is 0 Å². The highest BCUT2D eigenvalue weighted by Crippen LogP contribution is 2.32. The monoisotopic (exact) mass is 349 g/mol. The van der Waals surface area contributed by atoms with Gasteiger partial charge in [-0.25, -0.2) is 0 Å². The first-order valence-electron chi connectivity index (χ1n) is 10.4. The van der Waals surface area contributed by atoms with Gasteiger partial charge in [-0.1, -0.05) is 26.7 Å². The van der Waals surface area contributed by atoms with E-state index in [-0.39, 0.29) is 11.9 Å². The van der Waals surface area contributed by atoms with Crippen molar-refractivity contribution < 1.29 is 9.59 Å². The Balaban J connectivity index is 1.62. The number of likely N-dealkylation sites (tertiary alicyclic amines) is 1. The first-order valence-corrected chi connectivity index (χ1v) is 10.4. The standard InChI is InChI=1S/C20H35N3O2/c1-16(2)15-18(24)21-11-13-22(14-12-21)19(17-7-3-4-8-17)20(25)23-9-5-6-10-23/h16-17,19H,3-15H2,1-2H3/t19-/m1/s1. The molecule has 0 radical (unpaired) electrons. The predicted octanol–water partition coefficient (Wildman–Crippen LogP) is 2.36. The van der Waals surface area contributed by atoms with E-state index >= 15 is 0 Å². The van der Waals surface area contributed by atoms with E-state index in [1.807, 2.05) is 4.90 Å². The fourth-order valence-electron chi connectivity index (χ4n) is 4.78. The van der Waals surface area contributed by atoms with Crippen LogP contribution in [0.5, 0.6) is 0 Å². The van der Waals surface area contributed by atoms with Crippen molar-refractivity contribution in [3.05, 3.63) is 0 Å². The number of piperazine rings is 1. The van der Waals surface area contributed by atoms with E-state index in [9.17, 15) is 9.59 Å². The molecule has 1 aliphatic carbocycles. The molecule has 0 aromatic rings. The van der Waals surface area contributed by atoms with Crippen molar-refractivity contribution in [2.24, 2.45) is 11.8 Å². The van der Waals surface area contributed by atoms with Crippen LogP contribution in [0.2, 0.25) is 0 Å². The number of hydrogen-bond acceptors (Lipinski definition) is 3. The minimum Gasteiger partial charge on any atom is -0.341 e. The van der Waals surface area contributed by atoms with Crippen molar-refractivity contribution in [3.63, 3.8) is 0 Å². The third-order valence-corrected chi connectivity index (χ3v) is 6.16. The Morgan fingerprint density at radius 1 is 0.840 bits per heavy atom. The van der Waals surface area contributed by atoms with Crippen LogP contribution in [0.15, 0.2) is 0 Å². The summed E-state index contributed by atoms with van der Waals surface area (Å²) in [5.74, 6) is 1.57. The minimum atomic E-state index is 0.0583. The summed E-state index contributed by atoms with van der Waals surface area (Å²) in [6.07, 6.45) is 7.86. The van der Waals surface area contributed by atoms with Gasteiger partial charge in [0.15, 0.2) is 0 Å². The highest BCUT2D eigenvalue weighted by molar-refractivity contribution is 5.82.